The van der Waals surface area contributed by atoms with Gasteiger partial charge in [-0.05, 0) is 37.1 Å². The number of aryl methyl sites for hydroxylation is 2. The molecule has 7 heteroatoms. The first-order valence-electron chi connectivity index (χ1n) is 8.14. The van der Waals surface area contributed by atoms with Gasteiger partial charge in [-0.3, -0.25) is 4.79 Å². The molecule has 3 rings (SSSR count). The molecule has 1 aromatic heterocycles. The molecule has 2 N–H and O–H groups in total. The van der Waals surface area contributed by atoms with E-state index in [0.29, 0.717) is 11.3 Å². The van der Waals surface area contributed by atoms with E-state index in [2.05, 4.69) is 15.6 Å². The lowest BCUT2D eigenvalue weighted by molar-refractivity contribution is 0.102. The fourth-order valence-corrected chi connectivity index (χ4v) is 2.43. The minimum atomic E-state index is -0.764. The maximum Gasteiger partial charge on any atom is 0.277 e. The molecule has 0 fully saturated rings. The van der Waals surface area contributed by atoms with Gasteiger partial charge in [-0.1, -0.05) is 41.1 Å². The number of aromatic nitrogens is 3. The summed E-state index contributed by atoms with van der Waals surface area (Å²) in [5.74, 6) is -0.892. The van der Waals surface area contributed by atoms with Gasteiger partial charge in [0.05, 0.1) is 18.8 Å². The highest BCUT2D eigenvalue weighted by Gasteiger charge is 2.14. The first-order valence-corrected chi connectivity index (χ1v) is 8.14. The van der Waals surface area contributed by atoms with E-state index in [9.17, 15) is 14.3 Å². The summed E-state index contributed by atoms with van der Waals surface area (Å²) in [6.45, 7) is 3.78. The third kappa shape index (κ3) is 4.12. The van der Waals surface area contributed by atoms with Crippen LogP contribution >= 0.6 is 0 Å². The molecule has 0 aliphatic carbocycles. The maximum absolute atomic E-state index is 13.6. The molecule has 26 heavy (non-hydrogen) atoms. The van der Waals surface area contributed by atoms with Gasteiger partial charge in [0.1, 0.15) is 5.82 Å². The fraction of sp³-hybridized carbons (Fsp3) is 0.211. The van der Waals surface area contributed by atoms with E-state index in [1.165, 1.54) is 16.9 Å². The van der Waals surface area contributed by atoms with Crippen molar-refractivity contribution in [3.8, 4) is 0 Å². The number of aliphatic hydroxyl groups excluding tert-OH is 1. The van der Waals surface area contributed by atoms with Crippen molar-refractivity contribution >= 4 is 11.6 Å². The molecule has 0 saturated heterocycles. The Balaban J connectivity index is 1.65. The van der Waals surface area contributed by atoms with Gasteiger partial charge in [-0.2, -0.15) is 0 Å². The molecule has 3 aromatic rings. The maximum atomic E-state index is 13.6. The van der Waals surface area contributed by atoms with Crippen molar-refractivity contribution in [2.75, 3.05) is 5.32 Å². The zero-order chi connectivity index (χ0) is 18.7. The molecule has 1 atom stereocenters. The smallest absolute Gasteiger partial charge is 0.277 e. The summed E-state index contributed by atoms with van der Waals surface area (Å²) in [5, 5.41) is 20.5. The fourth-order valence-electron chi connectivity index (χ4n) is 2.43. The van der Waals surface area contributed by atoms with Crippen molar-refractivity contribution < 1.29 is 14.3 Å². The average molecular weight is 354 g/mol. The number of nitrogens with zero attached hydrogens (tertiary/aromatic N) is 3. The predicted molar refractivity (Wildman–Crippen MR) is 95.3 cm³/mol. The number of amides is 1. The lowest BCUT2D eigenvalue weighted by Crippen LogP contribution is -2.13. The summed E-state index contributed by atoms with van der Waals surface area (Å²) in [7, 11) is 0. The second-order valence-corrected chi connectivity index (χ2v) is 6.17. The summed E-state index contributed by atoms with van der Waals surface area (Å²) in [6, 6.07) is 12.0. The van der Waals surface area contributed by atoms with E-state index in [4.69, 9.17) is 0 Å². The Morgan fingerprint density at radius 3 is 2.65 bits per heavy atom. The minimum Gasteiger partial charge on any atom is -0.386 e. The third-order valence-corrected chi connectivity index (χ3v) is 4.02. The van der Waals surface area contributed by atoms with E-state index < -0.39 is 17.8 Å². The van der Waals surface area contributed by atoms with Crippen LogP contribution in [0.5, 0.6) is 0 Å². The van der Waals surface area contributed by atoms with Gasteiger partial charge < -0.3 is 10.4 Å². The Kier molecular flexibility index (Phi) is 5.09. The second-order valence-electron chi connectivity index (χ2n) is 6.17. The van der Waals surface area contributed by atoms with E-state index in [1.54, 1.807) is 19.1 Å². The Hall–Kier alpha value is -3.06. The topological polar surface area (TPSA) is 80.0 Å². The van der Waals surface area contributed by atoms with Gasteiger partial charge in [-0.25, -0.2) is 9.07 Å². The lowest BCUT2D eigenvalue weighted by atomic mass is 10.1. The van der Waals surface area contributed by atoms with Crippen LogP contribution in [-0.4, -0.2) is 26.0 Å². The van der Waals surface area contributed by atoms with Crippen molar-refractivity contribution in [1.29, 1.82) is 0 Å². The molecule has 0 saturated carbocycles. The number of anilines is 1. The molecular weight excluding hydrogens is 335 g/mol. The zero-order valence-electron chi connectivity index (χ0n) is 14.5. The van der Waals surface area contributed by atoms with Crippen molar-refractivity contribution in [2.45, 2.75) is 26.5 Å². The van der Waals surface area contributed by atoms with Gasteiger partial charge in [0, 0.05) is 5.69 Å². The van der Waals surface area contributed by atoms with Crippen LogP contribution in [0.3, 0.4) is 0 Å². The molecule has 0 radical (unpaired) electrons. The number of nitrogens with one attached hydrogen (secondary N) is 1. The SMILES string of the molecule is Cc1ccc(C(O)Cn2cc(C(=O)Nc3ccc(C)c(F)c3)nn2)cc1. The highest BCUT2D eigenvalue weighted by atomic mass is 19.1. The molecule has 1 amide bonds. The van der Waals surface area contributed by atoms with Gasteiger partial charge in [0.15, 0.2) is 5.69 Å². The molecule has 6 nitrogen and oxygen atoms in total. The van der Waals surface area contributed by atoms with Crippen LogP contribution < -0.4 is 5.32 Å². The number of halogens is 1. The van der Waals surface area contributed by atoms with Gasteiger partial charge >= 0.3 is 0 Å². The van der Waals surface area contributed by atoms with Crippen LogP contribution in [0.25, 0.3) is 0 Å². The molecule has 1 unspecified atom stereocenters. The molecular formula is C19H19FN4O2. The Bertz CT molecular complexity index is 922. The molecule has 0 bridgehead atoms. The number of aliphatic hydroxyl groups is 1. The minimum absolute atomic E-state index is 0.0853. The van der Waals surface area contributed by atoms with E-state index >= 15 is 0 Å². The third-order valence-electron chi connectivity index (χ3n) is 4.02. The number of hydrogen-bond donors (Lipinski definition) is 2. The summed E-state index contributed by atoms with van der Waals surface area (Å²) in [6.07, 6.45) is 0.677. The Labute approximate surface area is 150 Å². The van der Waals surface area contributed by atoms with E-state index in [-0.39, 0.29) is 12.2 Å². The summed E-state index contributed by atoms with van der Waals surface area (Å²) < 4.78 is 15.0. The molecule has 134 valence electrons. The van der Waals surface area contributed by atoms with Crippen molar-refractivity contribution in [3.63, 3.8) is 0 Å². The zero-order valence-corrected chi connectivity index (χ0v) is 14.5. The summed E-state index contributed by atoms with van der Waals surface area (Å²) >= 11 is 0. The first kappa shape index (κ1) is 17.8. The van der Waals surface area contributed by atoms with Crippen LogP contribution in [-0.2, 0) is 6.54 Å². The van der Waals surface area contributed by atoms with Crippen molar-refractivity contribution in [2.24, 2.45) is 0 Å². The predicted octanol–water partition coefficient (Wildman–Crippen LogP) is 3.02. The van der Waals surface area contributed by atoms with Crippen molar-refractivity contribution in [1.82, 2.24) is 15.0 Å². The average Bonchev–Trinajstić information content (AvgIpc) is 3.07. The lowest BCUT2D eigenvalue weighted by Gasteiger charge is -2.10. The highest BCUT2D eigenvalue weighted by molar-refractivity contribution is 6.02. The van der Waals surface area contributed by atoms with Gasteiger partial charge in [0.25, 0.3) is 5.91 Å². The molecule has 0 aliphatic rings. The Morgan fingerprint density at radius 1 is 1.23 bits per heavy atom. The highest BCUT2D eigenvalue weighted by Crippen LogP contribution is 2.16. The van der Waals surface area contributed by atoms with E-state index in [0.717, 1.165) is 11.1 Å². The van der Waals surface area contributed by atoms with Gasteiger partial charge in [-0.15, -0.1) is 5.10 Å². The van der Waals surface area contributed by atoms with E-state index in [1.807, 2.05) is 31.2 Å². The number of carbonyl (C=O) groups excluding carboxylic acids is 1. The van der Waals surface area contributed by atoms with Crippen molar-refractivity contribution in [3.05, 3.63) is 76.9 Å². The van der Waals surface area contributed by atoms with Gasteiger partial charge in [0.2, 0.25) is 0 Å². The largest absolute Gasteiger partial charge is 0.386 e. The molecule has 0 aliphatic heterocycles. The Morgan fingerprint density at radius 2 is 1.96 bits per heavy atom. The number of carbonyl (C=O) groups is 1. The van der Waals surface area contributed by atoms with Crippen LogP contribution in [0.4, 0.5) is 10.1 Å². The molecule has 0 spiro atoms. The van der Waals surface area contributed by atoms with Crippen LogP contribution in [0.2, 0.25) is 0 Å². The van der Waals surface area contributed by atoms with Crippen LogP contribution in [0.15, 0.2) is 48.7 Å². The van der Waals surface area contributed by atoms with Crippen LogP contribution in [0.1, 0.15) is 33.3 Å². The number of benzene rings is 2. The van der Waals surface area contributed by atoms with Crippen LogP contribution in [0, 0.1) is 19.7 Å². The first-order chi connectivity index (χ1) is 12.4. The molecule has 1 heterocycles. The monoisotopic (exact) mass is 354 g/mol. The number of rotatable bonds is 5. The summed E-state index contributed by atoms with van der Waals surface area (Å²) in [5.41, 5.74) is 2.79. The molecule has 2 aromatic carbocycles. The second kappa shape index (κ2) is 7.45. The summed E-state index contributed by atoms with van der Waals surface area (Å²) in [4.78, 5) is 12.2. The quantitative estimate of drug-likeness (QED) is 0.738. The number of hydrogen-bond acceptors (Lipinski definition) is 4. The standard InChI is InChI=1S/C19H19FN4O2/c1-12-3-6-14(7-4-12)18(25)11-24-10-17(22-23-24)19(26)21-15-8-5-13(2)16(20)9-15/h3-10,18,25H,11H2,1-2H3,(H,21,26). The normalized spacial score (nSPS) is 12.0.